The third-order valence-corrected chi connectivity index (χ3v) is 3.53. The van der Waals surface area contributed by atoms with E-state index in [1.54, 1.807) is 6.07 Å². The molecule has 0 radical (unpaired) electrons. The minimum atomic E-state index is -3.45. The minimum absolute atomic E-state index is 0.00144. The molecule has 0 aliphatic heterocycles. The lowest BCUT2D eigenvalue weighted by Gasteiger charge is -2.13. The van der Waals surface area contributed by atoms with E-state index in [0.29, 0.717) is 16.4 Å². The molecule has 21 heavy (non-hydrogen) atoms. The van der Waals surface area contributed by atoms with Crippen LogP contribution in [0.15, 0.2) is 24.4 Å². The van der Waals surface area contributed by atoms with E-state index in [1.807, 2.05) is 0 Å². The van der Waals surface area contributed by atoms with Gasteiger partial charge in [0, 0.05) is 5.02 Å². The van der Waals surface area contributed by atoms with Crippen molar-refractivity contribution < 1.29 is 8.42 Å². The van der Waals surface area contributed by atoms with E-state index in [2.05, 4.69) is 20.0 Å². The van der Waals surface area contributed by atoms with Crippen LogP contribution in [-0.2, 0) is 10.0 Å². The summed E-state index contributed by atoms with van der Waals surface area (Å²) in [5, 5.41) is 3.50. The molecule has 0 aliphatic carbocycles. The molecule has 0 saturated heterocycles. The van der Waals surface area contributed by atoms with Gasteiger partial charge >= 0.3 is 0 Å². The van der Waals surface area contributed by atoms with Gasteiger partial charge in [0.1, 0.15) is 5.02 Å². The summed E-state index contributed by atoms with van der Waals surface area (Å²) in [4.78, 5) is 7.65. The van der Waals surface area contributed by atoms with Gasteiger partial charge in [-0.25, -0.2) is 13.4 Å². The minimum Gasteiger partial charge on any atom is -0.337 e. The van der Waals surface area contributed by atoms with E-state index in [9.17, 15) is 8.42 Å². The fraction of sp³-hybridized carbons (Fsp3) is 0.0909. The van der Waals surface area contributed by atoms with Gasteiger partial charge in [0.25, 0.3) is 0 Å². The van der Waals surface area contributed by atoms with Crippen molar-refractivity contribution >= 4 is 62.0 Å². The van der Waals surface area contributed by atoms with Gasteiger partial charge in [-0.3, -0.25) is 4.72 Å². The maximum absolute atomic E-state index is 11.4. The van der Waals surface area contributed by atoms with Gasteiger partial charge in [-0.2, -0.15) is 4.98 Å². The van der Waals surface area contributed by atoms with E-state index in [4.69, 9.17) is 34.8 Å². The molecule has 1 heterocycles. The van der Waals surface area contributed by atoms with E-state index in [0.717, 1.165) is 6.26 Å². The van der Waals surface area contributed by atoms with Gasteiger partial charge in [-0.15, -0.1) is 0 Å². The number of halogens is 3. The highest BCUT2D eigenvalue weighted by Gasteiger charge is 2.11. The maximum Gasteiger partial charge on any atom is 0.229 e. The van der Waals surface area contributed by atoms with Crippen molar-refractivity contribution in [2.75, 3.05) is 16.3 Å². The first-order valence-electron chi connectivity index (χ1n) is 5.47. The Bertz CT molecular complexity index is 783. The zero-order valence-electron chi connectivity index (χ0n) is 10.6. The van der Waals surface area contributed by atoms with Crippen LogP contribution in [0, 0.1) is 0 Å². The van der Waals surface area contributed by atoms with Crippen LogP contribution in [0.25, 0.3) is 0 Å². The molecule has 112 valence electrons. The summed E-state index contributed by atoms with van der Waals surface area (Å²) in [7, 11) is -3.45. The number of nitrogens with one attached hydrogen (secondary N) is 2. The van der Waals surface area contributed by atoms with Crippen molar-refractivity contribution in [1.82, 2.24) is 9.97 Å². The summed E-state index contributed by atoms with van der Waals surface area (Å²) in [5.41, 5.74) is 0.678. The Balaban J connectivity index is 2.43. The van der Waals surface area contributed by atoms with Crippen molar-refractivity contribution in [3.05, 3.63) is 39.7 Å². The molecule has 0 unspecified atom stereocenters. The Morgan fingerprint density at radius 3 is 2.52 bits per heavy atom. The molecule has 0 saturated carbocycles. The van der Waals surface area contributed by atoms with Crippen LogP contribution in [0.5, 0.6) is 0 Å². The predicted molar refractivity (Wildman–Crippen MR) is 85.3 cm³/mol. The lowest BCUT2D eigenvalue weighted by molar-refractivity contribution is 0.607. The Labute approximate surface area is 136 Å². The number of rotatable bonds is 4. The second-order valence-corrected chi connectivity index (χ2v) is 6.95. The number of anilines is 3. The quantitative estimate of drug-likeness (QED) is 0.807. The fourth-order valence-corrected chi connectivity index (χ4v) is 2.49. The number of benzene rings is 1. The number of aromatic nitrogens is 2. The highest BCUT2D eigenvalue weighted by Crippen LogP contribution is 2.31. The van der Waals surface area contributed by atoms with Crippen LogP contribution in [0.1, 0.15) is 0 Å². The fourth-order valence-electron chi connectivity index (χ4n) is 1.47. The first-order valence-corrected chi connectivity index (χ1v) is 8.49. The van der Waals surface area contributed by atoms with Crippen molar-refractivity contribution in [3.63, 3.8) is 0 Å². The van der Waals surface area contributed by atoms with Crippen LogP contribution in [0.3, 0.4) is 0 Å². The van der Waals surface area contributed by atoms with Crippen LogP contribution >= 0.6 is 34.8 Å². The third kappa shape index (κ3) is 4.60. The monoisotopic (exact) mass is 366 g/mol. The molecule has 2 aromatic rings. The Hall–Kier alpha value is -1.28. The molecule has 10 heteroatoms. The number of sulfonamides is 1. The van der Waals surface area contributed by atoms with Crippen LogP contribution < -0.4 is 10.0 Å². The SMILES string of the molecule is CS(=O)(=O)Nc1ccc(Cl)cc1Nc1nc(Cl)ncc1Cl. The van der Waals surface area contributed by atoms with Crippen molar-refractivity contribution in [3.8, 4) is 0 Å². The molecule has 0 aliphatic rings. The zero-order chi connectivity index (χ0) is 15.6. The van der Waals surface area contributed by atoms with E-state index >= 15 is 0 Å². The second kappa shape index (κ2) is 6.23. The van der Waals surface area contributed by atoms with Gasteiger partial charge in [-0.05, 0) is 29.8 Å². The van der Waals surface area contributed by atoms with Crippen molar-refractivity contribution in [2.45, 2.75) is 0 Å². The largest absolute Gasteiger partial charge is 0.337 e. The smallest absolute Gasteiger partial charge is 0.229 e. The van der Waals surface area contributed by atoms with Crippen LogP contribution in [0.4, 0.5) is 17.2 Å². The molecular formula is C11H9Cl3N4O2S. The molecule has 6 nitrogen and oxygen atoms in total. The van der Waals surface area contributed by atoms with Gasteiger partial charge < -0.3 is 5.32 Å². The standard InChI is InChI=1S/C11H9Cl3N4O2S/c1-21(19,20)18-8-3-2-6(12)4-9(8)16-10-7(13)5-15-11(14)17-10/h2-5,18H,1H3,(H,15,16,17). The van der Waals surface area contributed by atoms with E-state index in [1.165, 1.54) is 18.3 Å². The average Bonchev–Trinajstić information content (AvgIpc) is 2.36. The second-order valence-electron chi connectivity index (χ2n) is 4.02. The van der Waals surface area contributed by atoms with Gasteiger partial charge in [0.15, 0.2) is 5.82 Å². The number of nitrogens with zero attached hydrogens (tertiary/aromatic N) is 2. The topological polar surface area (TPSA) is 84.0 Å². The summed E-state index contributed by atoms with van der Waals surface area (Å²) in [6, 6.07) is 4.60. The Morgan fingerprint density at radius 2 is 1.86 bits per heavy atom. The number of hydrogen-bond acceptors (Lipinski definition) is 5. The molecule has 1 aromatic carbocycles. The third-order valence-electron chi connectivity index (χ3n) is 2.24. The molecule has 2 N–H and O–H groups in total. The van der Waals surface area contributed by atoms with Crippen LogP contribution in [0.2, 0.25) is 15.3 Å². The highest BCUT2D eigenvalue weighted by molar-refractivity contribution is 7.92. The van der Waals surface area contributed by atoms with Gasteiger partial charge in [-0.1, -0.05) is 23.2 Å². The normalized spacial score (nSPS) is 11.2. The van der Waals surface area contributed by atoms with Crippen molar-refractivity contribution in [2.24, 2.45) is 0 Å². The maximum atomic E-state index is 11.4. The number of hydrogen-bond donors (Lipinski definition) is 2. The summed E-state index contributed by atoms with van der Waals surface area (Å²) in [6.45, 7) is 0. The summed E-state index contributed by atoms with van der Waals surface area (Å²) in [5.74, 6) is 0.232. The van der Waals surface area contributed by atoms with Gasteiger partial charge in [0.05, 0.1) is 23.8 Å². The lowest BCUT2D eigenvalue weighted by atomic mass is 10.2. The first kappa shape index (κ1) is 16.1. The zero-order valence-corrected chi connectivity index (χ0v) is 13.6. The summed E-state index contributed by atoms with van der Waals surface area (Å²) >= 11 is 17.6. The molecule has 0 fully saturated rings. The molecular weight excluding hydrogens is 359 g/mol. The van der Waals surface area contributed by atoms with E-state index in [-0.39, 0.29) is 16.1 Å². The highest BCUT2D eigenvalue weighted by atomic mass is 35.5. The molecule has 0 amide bonds. The van der Waals surface area contributed by atoms with Crippen molar-refractivity contribution in [1.29, 1.82) is 0 Å². The first-order chi connectivity index (χ1) is 9.74. The Kier molecular flexibility index (Phi) is 4.77. The molecule has 2 rings (SSSR count). The molecule has 0 spiro atoms. The molecule has 0 bridgehead atoms. The lowest BCUT2D eigenvalue weighted by Crippen LogP contribution is -2.11. The van der Waals surface area contributed by atoms with E-state index < -0.39 is 10.0 Å². The average molecular weight is 368 g/mol. The van der Waals surface area contributed by atoms with Crippen LogP contribution in [-0.4, -0.2) is 24.6 Å². The predicted octanol–water partition coefficient (Wildman–Crippen LogP) is 3.55. The Morgan fingerprint density at radius 1 is 1.14 bits per heavy atom. The summed E-state index contributed by atoms with van der Waals surface area (Å²) in [6.07, 6.45) is 2.37. The van der Waals surface area contributed by atoms with Gasteiger partial charge in [0.2, 0.25) is 15.3 Å². The summed E-state index contributed by atoms with van der Waals surface area (Å²) < 4.78 is 25.1. The molecule has 0 atom stereocenters. The molecule has 1 aromatic heterocycles.